The van der Waals surface area contributed by atoms with Crippen LogP contribution in [0.2, 0.25) is 0 Å². The fraction of sp³-hybridized carbons (Fsp3) is 0.375. The summed E-state index contributed by atoms with van der Waals surface area (Å²) in [5, 5.41) is 7.68. The summed E-state index contributed by atoms with van der Waals surface area (Å²) in [5.41, 5.74) is 8.01. The Labute approximate surface area is 90.5 Å². The largest absolute Gasteiger partial charge is 0.496 e. The smallest absolute Gasteiger partial charge is 0.261 e. The van der Waals surface area contributed by atoms with E-state index in [4.69, 9.17) is 10.3 Å². The highest BCUT2D eigenvalue weighted by molar-refractivity contribution is 7.12. The summed E-state index contributed by atoms with van der Waals surface area (Å²) in [4.78, 5) is 14.6. The molecule has 0 saturated carbocycles. The van der Waals surface area contributed by atoms with Crippen molar-refractivity contribution in [2.24, 2.45) is 5.11 Å². The Hall–Kier alpha value is -1.72. The number of nitrogens with one attached hydrogen (secondary N) is 1. The van der Waals surface area contributed by atoms with Gasteiger partial charge in [-0.25, -0.2) is 0 Å². The van der Waals surface area contributed by atoms with Gasteiger partial charge < -0.3 is 10.1 Å². The number of hydrogen-bond acceptors (Lipinski definition) is 4. The van der Waals surface area contributed by atoms with Gasteiger partial charge in [0.15, 0.2) is 0 Å². The van der Waals surface area contributed by atoms with E-state index in [-0.39, 0.29) is 12.5 Å². The third-order valence-corrected chi connectivity index (χ3v) is 2.50. The van der Waals surface area contributed by atoms with Crippen molar-refractivity contribution in [2.75, 3.05) is 20.2 Å². The molecule has 1 aromatic rings. The molecule has 0 aliphatic rings. The molecule has 7 heteroatoms. The van der Waals surface area contributed by atoms with Crippen LogP contribution < -0.4 is 10.1 Å². The van der Waals surface area contributed by atoms with Gasteiger partial charge in [-0.1, -0.05) is 5.11 Å². The second kappa shape index (κ2) is 5.90. The molecule has 1 aromatic heterocycles. The average molecular weight is 226 g/mol. The molecule has 1 heterocycles. The third-order valence-electron chi connectivity index (χ3n) is 1.60. The van der Waals surface area contributed by atoms with Gasteiger partial charge in [-0.3, -0.25) is 4.79 Å². The normalized spacial score (nSPS) is 9.13. The first kappa shape index (κ1) is 11.4. The van der Waals surface area contributed by atoms with Crippen LogP contribution in [0.15, 0.2) is 16.6 Å². The number of thiophene rings is 1. The maximum atomic E-state index is 11.4. The third kappa shape index (κ3) is 3.49. The number of nitrogens with zero attached hydrogens (tertiary/aromatic N) is 3. The highest BCUT2D eigenvalue weighted by Gasteiger charge is 2.07. The van der Waals surface area contributed by atoms with Crippen LogP contribution in [0.3, 0.4) is 0 Å². The van der Waals surface area contributed by atoms with E-state index in [0.717, 1.165) is 0 Å². The summed E-state index contributed by atoms with van der Waals surface area (Å²) in [6, 6.07) is 1.66. The molecule has 0 aliphatic heterocycles. The van der Waals surface area contributed by atoms with Crippen LogP contribution >= 0.6 is 11.3 Å². The fourth-order valence-corrected chi connectivity index (χ4v) is 1.67. The van der Waals surface area contributed by atoms with E-state index in [1.54, 1.807) is 18.6 Å². The Morgan fingerprint density at radius 2 is 2.60 bits per heavy atom. The van der Waals surface area contributed by atoms with Crippen LogP contribution in [0.25, 0.3) is 10.4 Å². The summed E-state index contributed by atoms with van der Waals surface area (Å²) >= 11 is 1.31. The quantitative estimate of drug-likeness (QED) is 0.359. The molecule has 0 radical (unpaired) electrons. The van der Waals surface area contributed by atoms with Crippen molar-refractivity contribution in [3.63, 3.8) is 0 Å². The van der Waals surface area contributed by atoms with E-state index in [1.165, 1.54) is 11.3 Å². The van der Waals surface area contributed by atoms with Crippen LogP contribution in [0.1, 0.15) is 9.67 Å². The van der Waals surface area contributed by atoms with Gasteiger partial charge in [0, 0.05) is 29.4 Å². The van der Waals surface area contributed by atoms with Gasteiger partial charge in [0.05, 0.1) is 12.0 Å². The minimum atomic E-state index is -0.184. The van der Waals surface area contributed by atoms with Crippen molar-refractivity contribution in [1.29, 1.82) is 0 Å². The predicted octanol–water partition coefficient (Wildman–Crippen LogP) is 1.80. The lowest BCUT2D eigenvalue weighted by Crippen LogP contribution is -2.24. The van der Waals surface area contributed by atoms with Gasteiger partial charge in [-0.2, -0.15) is 0 Å². The summed E-state index contributed by atoms with van der Waals surface area (Å²) in [6.45, 7) is 0.591. The molecule has 0 aromatic carbocycles. The monoisotopic (exact) mass is 226 g/mol. The van der Waals surface area contributed by atoms with Crippen molar-refractivity contribution in [2.45, 2.75) is 0 Å². The molecule has 0 unspecified atom stereocenters. The van der Waals surface area contributed by atoms with Crippen molar-refractivity contribution in [1.82, 2.24) is 5.32 Å². The second-order valence-corrected chi connectivity index (χ2v) is 3.47. The zero-order chi connectivity index (χ0) is 11.1. The van der Waals surface area contributed by atoms with Gasteiger partial charge >= 0.3 is 0 Å². The first-order valence-electron chi connectivity index (χ1n) is 4.19. The number of carbonyl (C=O) groups excluding carboxylic acids is 1. The maximum absolute atomic E-state index is 11.4. The lowest BCUT2D eigenvalue weighted by Gasteiger charge is -1.99. The molecule has 0 spiro atoms. The average Bonchev–Trinajstić information content (AvgIpc) is 2.72. The first-order valence-corrected chi connectivity index (χ1v) is 5.07. The van der Waals surface area contributed by atoms with Gasteiger partial charge in [0.25, 0.3) is 5.91 Å². The molecule has 6 nitrogen and oxygen atoms in total. The van der Waals surface area contributed by atoms with Gasteiger partial charge in [-0.05, 0) is 5.53 Å². The summed E-state index contributed by atoms with van der Waals surface area (Å²) in [5.74, 6) is 0.483. The molecule has 0 fully saturated rings. The van der Waals surface area contributed by atoms with Crippen molar-refractivity contribution in [3.8, 4) is 5.75 Å². The summed E-state index contributed by atoms with van der Waals surface area (Å²) < 4.78 is 4.95. The zero-order valence-corrected chi connectivity index (χ0v) is 8.95. The SMILES string of the molecule is COc1csc(C(=O)NCCN=[N+]=[N-])c1. The highest BCUT2D eigenvalue weighted by atomic mass is 32.1. The topological polar surface area (TPSA) is 87.1 Å². The number of rotatable bonds is 5. The standard InChI is InChI=1S/C8H10N4O2S/c1-14-6-4-7(15-5-6)8(13)10-2-3-11-12-9/h4-5H,2-3H2,1H3,(H,10,13). The molecule has 1 N–H and O–H groups in total. The number of carbonyl (C=O) groups is 1. The fourth-order valence-electron chi connectivity index (χ4n) is 0.896. The van der Waals surface area contributed by atoms with E-state index < -0.39 is 0 Å². The van der Waals surface area contributed by atoms with Gasteiger partial charge in [0.2, 0.25) is 0 Å². The van der Waals surface area contributed by atoms with Crippen LogP contribution in [-0.2, 0) is 0 Å². The molecule has 0 aliphatic carbocycles. The first-order chi connectivity index (χ1) is 7.27. The van der Waals surface area contributed by atoms with Crippen LogP contribution in [-0.4, -0.2) is 26.1 Å². The Balaban J connectivity index is 2.42. The molecule has 80 valence electrons. The molecular weight excluding hydrogens is 216 g/mol. The second-order valence-electron chi connectivity index (χ2n) is 2.56. The van der Waals surface area contributed by atoms with Crippen LogP contribution in [0.5, 0.6) is 5.75 Å². The van der Waals surface area contributed by atoms with E-state index in [1.807, 2.05) is 0 Å². The number of hydrogen-bond donors (Lipinski definition) is 1. The summed E-state index contributed by atoms with van der Waals surface area (Å²) in [7, 11) is 1.55. The van der Waals surface area contributed by atoms with Gasteiger partial charge in [-0.15, -0.1) is 11.3 Å². The predicted molar refractivity (Wildman–Crippen MR) is 57.2 cm³/mol. The zero-order valence-electron chi connectivity index (χ0n) is 8.14. The number of azide groups is 1. The van der Waals surface area contributed by atoms with Crippen molar-refractivity contribution in [3.05, 3.63) is 26.8 Å². The molecule has 1 amide bonds. The Morgan fingerprint density at radius 3 is 3.20 bits per heavy atom. The molecular formula is C8H10N4O2S. The van der Waals surface area contributed by atoms with Crippen LogP contribution in [0.4, 0.5) is 0 Å². The Morgan fingerprint density at radius 1 is 1.80 bits per heavy atom. The molecule has 15 heavy (non-hydrogen) atoms. The Kier molecular flexibility index (Phi) is 4.46. The van der Waals surface area contributed by atoms with Crippen molar-refractivity contribution < 1.29 is 9.53 Å². The minimum absolute atomic E-state index is 0.184. The molecule has 0 atom stereocenters. The molecule has 0 saturated heterocycles. The van der Waals surface area contributed by atoms with Gasteiger partial charge in [0.1, 0.15) is 5.75 Å². The van der Waals surface area contributed by atoms with E-state index in [0.29, 0.717) is 17.2 Å². The number of amides is 1. The number of methoxy groups -OCH3 is 1. The van der Waals surface area contributed by atoms with E-state index >= 15 is 0 Å². The maximum Gasteiger partial charge on any atom is 0.261 e. The number of ether oxygens (including phenoxy) is 1. The van der Waals surface area contributed by atoms with E-state index in [9.17, 15) is 4.79 Å². The van der Waals surface area contributed by atoms with Crippen molar-refractivity contribution >= 4 is 17.2 Å². The molecule has 0 bridgehead atoms. The molecule has 1 rings (SSSR count). The lowest BCUT2D eigenvalue weighted by atomic mass is 10.4. The van der Waals surface area contributed by atoms with Crippen LogP contribution in [0, 0.1) is 0 Å². The van der Waals surface area contributed by atoms with E-state index in [2.05, 4.69) is 15.3 Å². The Bertz CT molecular complexity index is 384. The highest BCUT2D eigenvalue weighted by Crippen LogP contribution is 2.20. The minimum Gasteiger partial charge on any atom is -0.496 e. The summed E-state index contributed by atoms with van der Waals surface area (Å²) in [6.07, 6.45) is 0. The lowest BCUT2D eigenvalue weighted by molar-refractivity contribution is 0.0958.